The molecule has 23 heavy (non-hydrogen) atoms. The van der Waals surface area contributed by atoms with E-state index >= 15 is 0 Å². The molecule has 1 aromatic carbocycles. The standard InChI is InChI=1S/C18H14N4O/c1-12-5-4-6-13(11-12)18-17(14-8-9-16(23)20-19-14)15-7-2-3-10-22(15)21-18/h2-11H,1H3,(H,20,23). The van der Waals surface area contributed by atoms with Crippen LogP contribution in [-0.2, 0) is 0 Å². The summed E-state index contributed by atoms with van der Waals surface area (Å²) in [5, 5.41) is 11.4. The van der Waals surface area contributed by atoms with E-state index in [2.05, 4.69) is 29.3 Å². The molecule has 112 valence electrons. The van der Waals surface area contributed by atoms with Gasteiger partial charge in [-0.3, -0.25) is 4.79 Å². The number of nitrogens with one attached hydrogen (secondary N) is 1. The molecule has 5 nitrogen and oxygen atoms in total. The van der Waals surface area contributed by atoms with Crippen LogP contribution < -0.4 is 5.56 Å². The fourth-order valence-corrected chi connectivity index (χ4v) is 2.73. The summed E-state index contributed by atoms with van der Waals surface area (Å²) in [6.45, 7) is 2.05. The molecule has 3 aromatic heterocycles. The predicted molar refractivity (Wildman–Crippen MR) is 89.2 cm³/mol. The highest BCUT2D eigenvalue weighted by atomic mass is 16.1. The number of aromatic amines is 1. The van der Waals surface area contributed by atoms with Crippen molar-refractivity contribution in [1.29, 1.82) is 0 Å². The molecule has 0 aliphatic heterocycles. The van der Waals surface area contributed by atoms with Gasteiger partial charge in [0.15, 0.2) is 0 Å². The Balaban J connectivity index is 2.06. The van der Waals surface area contributed by atoms with E-state index in [-0.39, 0.29) is 5.56 Å². The molecule has 0 radical (unpaired) electrons. The van der Waals surface area contributed by atoms with Crippen molar-refractivity contribution in [3.05, 3.63) is 76.7 Å². The number of fused-ring (bicyclic) bond motifs is 1. The number of H-pyrrole nitrogens is 1. The van der Waals surface area contributed by atoms with Crippen molar-refractivity contribution in [2.24, 2.45) is 0 Å². The van der Waals surface area contributed by atoms with Gasteiger partial charge in [-0.2, -0.15) is 10.2 Å². The Hall–Kier alpha value is -3.21. The van der Waals surface area contributed by atoms with Crippen molar-refractivity contribution in [2.45, 2.75) is 6.92 Å². The topological polar surface area (TPSA) is 63.1 Å². The highest BCUT2D eigenvalue weighted by molar-refractivity contribution is 5.90. The Morgan fingerprint density at radius 1 is 1.04 bits per heavy atom. The van der Waals surface area contributed by atoms with Crippen LogP contribution in [0.15, 0.2) is 65.6 Å². The fourth-order valence-electron chi connectivity index (χ4n) is 2.73. The van der Waals surface area contributed by atoms with Crippen molar-refractivity contribution < 1.29 is 0 Å². The Kier molecular flexibility index (Phi) is 3.05. The Bertz CT molecular complexity index is 1040. The first-order valence-corrected chi connectivity index (χ1v) is 7.33. The van der Waals surface area contributed by atoms with Crippen LogP contribution in [-0.4, -0.2) is 19.8 Å². The second-order valence-corrected chi connectivity index (χ2v) is 5.43. The molecule has 0 amide bonds. The molecule has 0 saturated carbocycles. The maximum Gasteiger partial charge on any atom is 0.264 e. The maximum atomic E-state index is 11.3. The zero-order chi connectivity index (χ0) is 15.8. The van der Waals surface area contributed by atoms with Crippen LogP contribution >= 0.6 is 0 Å². The lowest BCUT2D eigenvalue weighted by molar-refractivity contribution is 0.965. The third-order valence-corrected chi connectivity index (χ3v) is 3.77. The summed E-state index contributed by atoms with van der Waals surface area (Å²) in [5.41, 5.74) is 5.37. The summed E-state index contributed by atoms with van der Waals surface area (Å²) in [4.78, 5) is 11.3. The van der Waals surface area contributed by atoms with Crippen molar-refractivity contribution in [2.75, 3.05) is 0 Å². The van der Waals surface area contributed by atoms with Crippen molar-refractivity contribution in [3.63, 3.8) is 0 Å². The van der Waals surface area contributed by atoms with E-state index in [4.69, 9.17) is 5.10 Å². The molecular formula is C18H14N4O. The molecule has 5 heteroatoms. The number of hydrogen-bond donors (Lipinski definition) is 1. The highest BCUT2D eigenvalue weighted by Gasteiger charge is 2.17. The lowest BCUT2D eigenvalue weighted by Crippen LogP contribution is -2.05. The third kappa shape index (κ3) is 2.32. The van der Waals surface area contributed by atoms with E-state index in [1.54, 1.807) is 6.07 Å². The molecule has 0 unspecified atom stereocenters. The van der Waals surface area contributed by atoms with Crippen molar-refractivity contribution in [3.8, 4) is 22.5 Å². The number of aromatic nitrogens is 4. The van der Waals surface area contributed by atoms with Crippen LogP contribution in [0.5, 0.6) is 0 Å². The zero-order valence-corrected chi connectivity index (χ0v) is 12.5. The summed E-state index contributed by atoms with van der Waals surface area (Å²) in [7, 11) is 0. The molecule has 4 rings (SSSR count). The van der Waals surface area contributed by atoms with E-state index < -0.39 is 0 Å². The van der Waals surface area contributed by atoms with Crippen LogP contribution in [0, 0.1) is 6.92 Å². The van der Waals surface area contributed by atoms with Gasteiger partial charge in [0.05, 0.1) is 16.8 Å². The molecular weight excluding hydrogens is 288 g/mol. The number of rotatable bonds is 2. The quantitative estimate of drug-likeness (QED) is 0.619. The second-order valence-electron chi connectivity index (χ2n) is 5.43. The first-order chi connectivity index (χ1) is 11.2. The second kappa shape index (κ2) is 5.21. The van der Waals surface area contributed by atoms with Crippen LogP contribution in [0.1, 0.15) is 5.56 Å². The first kappa shape index (κ1) is 13.5. The van der Waals surface area contributed by atoms with Crippen LogP contribution in [0.4, 0.5) is 0 Å². The van der Waals surface area contributed by atoms with E-state index in [9.17, 15) is 4.79 Å². The van der Waals surface area contributed by atoms with Crippen molar-refractivity contribution >= 4 is 5.52 Å². The minimum atomic E-state index is -0.220. The number of pyridine rings is 1. The van der Waals surface area contributed by atoms with Gasteiger partial charge < -0.3 is 0 Å². The van der Waals surface area contributed by atoms with Gasteiger partial charge in [-0.1, -0.05) is 29.8 Å². The Morgan fingerprint density at radius 3 is 2.74 bits per heavy atom. The molecule has 0 atom stereocenters. The zero-order valence-electron chi connectivity index (χ0n) is 12.5. The van der Waals surface area contributed by atoms with E-state index in [0.717, 1.165) is 22.3 Å². The van der Waals surface area contributed by atoms with Gasteiger partial charge >= 0.3 is 0 Å². The monoisotopic (exact) mass is 302 g/mol. The minimum Gasteiger partial charge on any atom is -0.268 e. The van der Waals surface area contributed by atoms with Gasteiger partial charge in [-0.25, -0.2) is 9.61 Å². The maximum absolute atomic E-state index is 11.3. The van der Waals surface area contributed by atoms with Gasteiger partial charge in [0.2, 0.25) is 0 Å². The van der Waals surface area contributed by atoms with Gasteiger partial charge in [0, 0.05) is 17.8 Å². The SMILES string of the molecule is Cc1cccc(-c2nn3ccccc3c2-c2ccc(=O)[nH]n2)c1. The lowest BCUT2D eigenvalue weighted by Gasteiger charge is -2.03. The van der Waals surface area contributed by atoms with E-state index in [1.807, 2.05) is 41.0 Å². The molecule has 0 spiro atoms. The van der Waals surface area contributed by atoms with E-state index in [0.29, 0.717) is 5.69 Å². The van der Waals surface area contributed by atoms with Crippen LogP contribution in [0.25, 0.3) is 28.0 Å². The molecule has 0 aliphatic rings. The van der Waals surface area contributed by atoms with Crippen LogP contribution in [0.3, 0.4) is 0 Å². The summed E-state index contributed by atoms with van der Waals surface area (Å²) < 4.78 is 1.83. The Morgan fingerprint density at radius 2 is 1.96 bits per heavy atom. The molecule has 0 saturated heterocycles. The smallest absolute Gasteiger partial charge is 0.264 e. The largest absolute Gasteiger partial charge is 0.268 e. The van der Waals surface area contributed by atoms with Crippen molar-refractivity contribution in [1.82, 2.24) is 19.8 Å². The average Bonchev–Trinajstić information content (AvgIpc) is 2.95. The minimum absolute atomic E-state index is 0.220. The number of nitrogens with zero attached hydrogens (tertiary/aromatic N) is 3. The summed E-state index contributed by atoms with van der Waals surface area (Å²) >= 11 is 0. The fraction of sp³-hybridized carbons (Fsp3) is 0.0556. The van der Waals surface area contributed by atoms with Gasteiger partial charge in [-0.15, -0.1) is 0 Å². The molecule has 0 fully saturated rings. The van der Waals surface area contributed by atoms with Crippen LogP contribution in [0.2, 0.25) is 0 Å². The normalized spacial score (nSPS) is 11.0. The summed E-state index contributed by atoms with van der Waals surface area (Å²) in [6, 6.07) is 17.3. The molecule has 1 N–H and O–H groups in total. The first-order valence-electron chi connectivity index (χ1n) is 7.33. The summed E-state index contributed by atoms with van der Waals surface area (Å²) in [6.07, 6.45) is 1.91. The number of aryl methyl sites for hydroxylation is 1. The highest BCUT2D eigenvalue weighted by Crippen LogP contribution is 2.33. The third-order valence-electron chi connectivity index (χ3n) is 3.77. The van der Waals surface area contributed by atoms with Gasteiger partial charge in [-0.05, 0) is 31.2 Å². The van der Waals surface area contributed by atoms with E-state index in [1.165, 1.54) is 11.6 Å². The van der Waals surface area contributed by atoms with Gasteiger partial charge in [0.25, 0.3) is 5.56 Å². The predicted octanol–water partition coefficient (Wildman–Crippen LogP) is 3.06. The molecule has 0 aliphatic carbocycles. The molecule has 0 bridgehead atoms. The number of benzene rings is 1. The number of hydrogen-bond acceptors (Lipinski definition) is 3. The Labute approximate surface area is 132 Å². The average molecular weight is 302 g/mol. The molecule has 3 heterocycles. The van der Waals surface area contributed by atoms with Gasteiger partial charge in [0.1, 0.15) is 5.69 Å². The lowest BCUT2D eigenvalue weighted by atomic mass is 10.0. The molecule has 4 aromatic rings. The summed E-state index contributed by atoms with van der Waals surface area (Å²) in [5.74, 6) is 0.